The Morgan fingerprint density at radius 1 is 1.04 bits per heavy atom. The highest BCUT2D eigenvalue weighted by Gasteiger charge is 2.68. The van der Waals surface area contributed by atoms with Crippen LogP contribution in [-0.4, -0.2) is 38.9 Å². The van der Waals surface area contributed by atoms with E-state index in [1.54, 1.807) is 0 Å². The minimum absolute atomic E-state index is 0.128. The molecule has 1 saturated heterocycles. The molecule has 0 bridgehead atoms. The Bertz CT molecular complexity index is 634. The van der Waals surface area contributed by atoms with E-state index < -0.39 is 0 Å². The van der Waals surface area contributed by atoms with E-state index in [-0.39, 0.29) is 16.7 Å². The van der Waals surface area contributed by atoms with Gasteiger partial charge in [-0.05, 0) is 36.5 Å². The van der Waals surface area contributed by atoms with Crippen LogP contribution in [0.3, 0.4) is 0 Å². The number of carbonyl (C=O) groups is 1. The predicted octanol–water partition coefficient (Wildman–Crippen LogP) is 3.78. The molecule has 1 aromatic rings. The molecule has 5 nitrogen and oxygen atoms in total. The Morgan fingerprint density at radius 2 is 1.64 bits per heavy atom. The van der Waals surface area contributed by atoms with Gasteiger partial charge in [0.15, 0.2) is 0 Å². The van der Waals surface area contributed by atoms with Crippen LogP contribution < -0.4 is 0 Å². The molecule has 0 radical (unpaired) electrons. The number of hydrogen-bond donors (Lipinski definition) is 0. The summed E-state index contributed by atoms with van der Waals surface area (Å²) in [6, 6.07) is 0.395. The van der Waals surface area contributed by atoms with Crippen LogP contribution >= 0.6 is 0 Å². The summed E-state index contributed by atoms with van der Waals surface area (Å²) in [4.78, 5) is 15.0. The molecule has 0 N–H and O–H groups in total. The van der Waals surface area contributed by atoms with E-state index >= 15 is 0 Å². The fraction of sp³-hybridized carbons (Fsp3) is 0.850. The monoisotopic (exact) mass is 344 g/mol. The molecule has 5 heteroatoms. The second-order valence-corrected chi connectivity index (χ2v) is 9.54. The lowest BCUT2D eigenvalue weighted by Crippen LogP contribution is -2.41. The van der Waals surface area contributed by atoms with Gasteiger partial charge in [-0.2, -0.15) is 0 Å². The molecule has 0 unspecified atom stereocenters. The van der Waals surface area contributed by atoms with Crippen LogP contribution in [0, 0.1) is 16.7 Å². The van der Waals surface area contributed by atoms with Crippen LogP contribution in [0.25, 0.3) is 0 Å². The molecule has 1 amide bonds. The number of amides is 1. The average Bonchev–Trinajstić information content (AvgIpc) is 3.11. The Hall–Kier alpha value is -1.39. The number of rotatable bonds is 3. The van der Waals surface area contributed by atoms with Gasteiger partial charge in [-0.1, -0.05) is 45.7 Å². The van der Waals surface area contributed by atoms with Crippen LogP contribution in [0.5, 0.6) is 0 Å². The first-order valence-corrected chi connectivity index (χ1v) is 10.0. The second kappa shape index (κ2) is 5.82. The van der Waals surface area contributed by atoms with Gasteiger partial charge >= 0.3 is 0 Å². The number of aromatic nitrogens is 3. The number of nitrogens with zero attached hydrogens (tertiary/aromatic N) is 4. The molecule has 0 aromatic carbocycles. The third kappa shape index (κ3) is 2.70. The maximum atomic E-state index is 12.9. The summed E-state index contributed by atoms with van der Waals surface area (Å²) in [6.45, 7) is 10.6. The van der Waals surface area contributed by atoms with Gasteiger partial charge < -0.3 is 4.90 Å². The molecule has 3 aliphatic rings. The van der Waals surface area contributed by atoms with Crippen molar-refractivity contribution in [3.05, 3.63) is 11.9 Å². The zero-order valence-corrected chi connectivity index (χ0v) is 16.2. The maximum absolute atomic E-state index is 12.9. The molecule has 0 atom stereocenters. The lowest BCUT2D eigenvalue weighted by molar-refractivity contribution is -0.135. The zero-order chi connectivity index (χ0) is 17.8. The van der Waals surface area contributed by atoms with E-state index in [1.165, 1.54) is 31.4 Å². The lowest BCUT2D eigenvalue weighted by atomic mass is 10.0. The summed E-state index contributed by atoms with van der Waals surface area (Å²) < 4.78 is 2.07. The summed E-state index contributed by atoms with van der Waals surface area (Å²) in [5, 5.41) is 8.85. The zero-order valence-electron chi connectivity index (χ0n) is 16.2. The Morgan fingerprint density at radius 3 is 2.20 bits per heavy atom. The topological polar surface area (TPSA) is 51.0 Å². The molecule has 2 aliphatic carbocycles. The molecule has 2 saturated carbocycles. The summed E-state index contributed by atoms with van der Waals surface area (Å²) in [5.41, 5.74) is 1.43. The molecule has 25 heavy (non-hydrogen) atoms. The molecular formula is C20H32N4O. The lowest BCUT2D eigenvalue weighted by Gasteiger charge is -2.32. The van der Waals surface area contributed by atoms with E-state index in [0.717, 1.165) is 25.9 Å². The number of likely N-dealkylation sites (tertiary alicyclic amines) is 1. The van der Waals surface area contributed by atoms with Gasteiger partial charge in [0.1, 0.15) is 0 Å². The fourth-order valence-corrected chi connectivity index (χ4v) is 5.22. The number of carbonyl (C=O) groups excluding carboxylic acids is 1. The first-order chi connectivity index (χ1) is 11.8. The molecular weight excluding hydrogens is 312 g/mol. The van der Waals surface area contributed by atoms with E-state index in [9.17, 15) is 4.79 Å². The summed E-state index contributed by atoms with van der Waals surface area (Å²) in [6.07, 6.45) is 9.33. The minimum Gasteiger partial charge on any atom is -0.342 e. The van der Waals surface area contributed by atoms with Gasteiger partial charge in [-0.3, -0.25) is 4.79 Å². The predicted molar refractivity (Wildman–Crippen MR) is 97.1 cm³/mol. The number of hydrogen-bond acceptors (Lipinski definition) is 3. The molecule has 138 valence electrons. The van der Waals surface area contributed by atoms with Crippen molar-refractivity contribution in [3.63, 3.8) is 0 Å². The highest BCUT2D eigenvalue weighted by Crippen LogP contribution is 2.68. The van der Waals surface area contributed by atoms with Gasteiger partial charge in [0, 0.05) is 31.1 Å². The second-order valence-electron chi connectivity index (χ2n) is 9.54. The first-order valence-electron chi connectivity index (χ1n) is 10.0. The highest BCUT2D eigenvalue weighted by atomic mass is 16.2. The summed E-state index contributed by atoms with van der Waals surface area (Å²) in [5.74, 6) is 1.16. The van der Waals surface area contributed by atoms with Gasteiger partial charge in [0.2, 0.25) is 5.91 Å². The van der Waals surface area contributed by atoms with Crippen molar-refractivity contribution in [1.29, 1.82) is 0 Å². The van der Waals surface area contributed by atoms with Crippen molar-refractivity contribution in [2.45, 2.75) is 78.2 Å². The van der Waals surface area contributed by atoms with Crippen molar-refractivity contribution in [2.75, 3.05) is 13.1 Å². The minimum atomic E-state index is 0.128. The Labute approximate surface area is 151 Å². The molecule has 2 heterocycles. The third-order valence-corrected chi connectivity index (χ3v) is 7.72. The molecule has 1 aromatic heterocycles. The normalized spacial score (nSPS) is 27.0. The van der Waals surface area contributed by atoms with Crippen LogP contribution in [0.1, 0.15) is 83.9 Å². The van der Waals surface area contributed by atoms with E-state index in [0.29, 0.717) is 17.9 Å². The molecule has 3 fully saturated rings. The summed E-state index contributed by atoms with van der Waals surface area (Å²) in [7, 11) is 0. The Balaban J connectivity index is 1.35. The van der Waals surface area contributed by atoms with Gasteiger partial charge in [-0.15, -0.1) is 5.10 Å². The van der Waals surface area contributed by atoms with Crippen LogP contribution in [-0.2, 0) is 4.79 Å². The van der Waals surface area contributed by atoms with Gasteiger partial charge in [-0.25, -0.2) is 4.68 Å². The Kier molecular flexibility index (Phi) is 3.97. The average molecular weight is 345 g/mol. The van der Waals surface area contributed by atoms with Crippen LogP contribution in [0.15, 0.2) is 6.20 Å². The smallest absolute Gasteiger partial charge is 0.226 e. The van der Waals surface area contributed by atoms with Crippen LogP contribution in [0.2, 0.25) is 0 Å². The van der Waals surface area contributed by atoms with Crippen molar-refractivity contribution >= 4 is 5.91 Å². The van der Waals surface area contributed by atoms with Gasteiger partial charge in [0.25, 0.3) is 0 Å². The molecule has 0 spiro atoms. The summed E-state index contributed by atoms with van der Waals surface area (Å²) >= 11 is 0. The van der Waals surface area contributed by atoms with E-state index in [2.05, 4.69) is 53.8 Å². The first kappa shape index (κ1) is 17.0. The van der Waals surface area contributed by atoms with E-state index in [4.69, 9.17) is 0 Å². The van der Waals surface area contributed by atoms with Crippen LogP contribution in [0.4, 0.5) is 0 Å². The van der Waals surface area contributed by atoms with Crippen molar-refractivity contribution in [1.82, 2.24) is 19.9 Å². The SMILES string of the molecule is CC1(C)C(C(=O)N2CCC(n3cc(C4CCCC4)nn3)CC2)C1(C)C. The van der Waals surface area contributed by atoms with Gasteiger partial charge in [0.05, 0.1) is 11.7 Å². The largest absolute Gasteiger partial charge is 0.342 e. The number of piperidine rings is 1. The fourth-order valence-electron chi connectivity index (χ4n) is 5.22. The molecule has 1 aliphatic heterocycles. The maximum Gasteiger partial charge on any atom is 0.226 e. The van der Waals surface area contributed by atoms with E-state index in [1.807, 2.05) is 0 Å². The third-order valence-electron chi connectivity index (χ3n) is 7.72. The van der Waals surface area contributed by atoms with Crippen molar-refractivity contribution in [3.8, 4) is 0 Å². The quantitative estimate of drug-likeness (QED) is 0.838. The standard InChI is InChI=1S/C20H32N4O/c1-19(2)17(20(19,3)4)18(25)23-11-9-15(10-12-23)24-13-16(21-22-24)14-7-5-6-8-14/h13-15,17H,5-12H2,1-4H3. The van der Waals surface area contributed by atoms with Crippen molar-refractivity contribution < 1.29 is 4.79 Å². The highest BCUT2D eigenvalue weighted by molar-refractivity contribution is 5.84. The molecule has 4 rings (SSSR count). The van der Waals surface area contributed by atoms with Crippen molar-refractivity contribution in [2.24, 2.45) is 16.7 Å².